The predicted molar refractivity (Wildman–Crippen MR) is 96.6 cm³/mol. The van der Waals surface area contributed by atoms with E-state index in [1.54, 1.807) is 24.5 Å². The van der Waals surface area contributed by atoms with Gasteiger partial charge < -0.3 is 19.2 Å². The summed E-state index contributed by atoms with van der Waals surface area (Å²) >= 11 is 0. The lowest BCUT2D eigenvalue weighted by atomic mass is 10.1. The molecule has 1 fully saturated rings. The Morgan fingerprint density at radius 2 is 1.88 bits per heavy atom. The van der Waals surface area contributed by atoms with Crippen molar-refractivity contribution >= 4 is 5.91 Å². The number of piperidine rings is 1. The van der Waals surface area contributed by atoms with E-state index < -0.39 is 0 Å². The Bertz CT molecular complexity index is 738. The molecule has 0 bridgehead atoms. The van der Waals surface area contributed by atoms with Gasteiger partial charge in [-0.1, -0.05) is 6.42 Å². The van der Waals surface area contributed by atoms with Gasteiger partial charge in [-0.3, -0.25) is 9.69 Å². The second-order valence-electron chi connectivity index (χ2n) is 6.70. The van der Waals surface area contributed by atoms with Crippen LogP contribution in [0, 0.1) is 0 Å². The van der Waals surface area contributed by atoms with Crippen molar-refractivity contribution in [3.8, 4) is 11.5 Å². The number of likely N-dealkylation sites (tertiary alicyclic amines) is 1. The molecule has 1 atom stereocenters. The van der Waals surface area contributed by atoms with Crippen molar-refractivity contribution in [3.05, 3.63) is 47.9 Å². The Balaban J connectivity index is 1.44. The fourth-order valence-corrected chi connectivity index (χ4v) is 3.60. The quantitative estimate of drug-likeness (QED) is 0.892. The van der Waals surface area contributed by atoms with E-state index in [0.717, 1.165) is 18.8 Å². The largest absolute Gasteiger partial charge is 0.486 e. The molecule has 6 heteroatoms. The highest BCUT2D eigenvalue weighted by Gasteiger charge is 2.25. The topological polar surface area (TPSA) is 63.9 Å². The predicted octanol–water partition coefficient (Wildman–Crippen LogP) is 3.01. The van der Waals surface area contributed by atoms with Gasteiger partial charge in [-0.25, -0.2) is 0 Å². The van der Waals surface area contributed by atoms with Crippen LogP contribution >= 0.6 is 0 Å². The Labute approximate surface area is 153 Å². The van der Waals surface area contributed by atoms with E-state index in [9.17, 15) is 4.79 Å². The van der Waals surface area contributed by atoms with Crippen molar-refractivity contribution < 1.29 is 18.7 Å². The van der Waals surface area contributed by atoms with Gasteiger partial charge in [0.15, 0.2) is 11.5 Å². The normalized spacial score (nSPS) is 18.3. The van der Waals surface area contributed by atoms with Gasteiger partial charge in [-0.2, -0.15) is 0 Å². The molecule has 1 unspecified atom stereocenters. The number of carbonyl (C=O) groups is 1. The first-order chi connectivity index (χ1) is 12.8. The standard InChI is InChI=1S/C20H24N2O4/c23-20(15-6-7-18-19(13-15)26-12-11-25-18)21-14-16(17-5-4-10-24-17)22-8-2-1-3-9-22/h4-7,10,13,16H,1-3,8-9,11-12,14H2,(H,21,23). The number of ether oxygens (including phenoxy) is 2. The number of fused-ring (bicyclic) bond motifs is 1. The smallest absolute Gasteiger partial charge is 0.251 e. The molecule has 1 N–H and O–H groups in total. The molecule has 3 heterocycles. The first kappa shape index (κ1) is 17.0. The van der Waals surface area contributed by atoms with Gasteiger partial charge in [0.2, 0.25) is 0 Å². The van der Waals surface area contributed by atoms with Gasteiger partial charge in [-0.15, -0.1) is 0 Å². The molecule has 1 aromatic carbocycles. The number of furan rings is 1. The number of carbonyl (C=O) groups excluding carboxylic acids is 1. The van der Waals surface area contributed by atoms with Crippen molar-refractivity contribution in [2.75, 3.05) is 32.8 Å². The zero-order chi connectivity index (χ0) is 17.8. The van der Waals surface area contributed by atoms with Gasteiger partial charge in [0.25, 0.3) is 5.91 Å². The van der Waals surface area contributed by atoms with Crippen LogP contribution in [0.25, 0.3) is 0 Å². The van der Waals surface area contributed by atoms with Crippen molar-refractivity contribution in [1.82, 2.24) is 10.2 Å². The Morgan fingerprint density at radius 1 is 1.08 bits per heavy atom. The van der Waals surface area contributed by atoms with E-state index >= 15 is 0 Å². The summed E-state index contributed by atoms with van der Waals surface area (Å²) in [5.74, 6) is 2.10. The van der Waals surface area contributed by atoms with Gasteiger partial charge >= 0.3 is 0 Å². The van der Waals surface area contributed by atoms with E-state index in [4.69, 9.17) is 13.9 Å². The van der Waals surface area contributed by atoms with E-state index in [2.05, 4.69) is 10.2 Å². The van der Waals surface area contributed by atoms with Gasteiger partial charge in [0, 0.05) is 12.1 Å². The van der Waals surface area contributed by atoms with Crippen molar-refractivity contribution in [1.29, 1.82) is 0 Å². The zero-order valence-electron chi connectivity index (χ0n) is 14.8. The summed E-state index contributed by atoms with van der Waals surface area (Å²) in [6, 6.07) is 9.24. The number of benzene rings is 1. The highest BCUT2D eigenvalue weighted by atomic mass is 16.6. The maximum absolute atomic E-state index is 12.6. The van der Waals surface area contributed by atoms with Crippen LogP contribution in [-0.4, -0.2) is 43.7 Å². The summed E-state index contributed by atoms with van der Waals surface area (Å²) in [6.45, 7) is 3.63. The Morgan fingerprint density at radius 3 is 2.65 bits per heavy atom. The molecule has 1 saturated heterocycles. The van der Waals surface area contributed by atoms with Gasteiger partial charge in [0.1, 0.15) is 19.0 Å². The van der Waals surface area contributed by atoms with Gasteiger partial charge in [-0.05, 0) is 56.3 Å². The number of nitrogens with one attached hydrogen (secondary N) is 1. The molecule has 26 heavy (non-hydrogen) atoms. The molecule has 4 rings (SSSR count). The molecule has 1 aromatic heterocycles. The fourth-order valence-electron chi connectivity index (χ4n) is 3.60. The summed E-state index contributed by atoms with van der Waals surface area (Å²) in [6.07, 6.45) is 5.33. The van der Waals surface area contributed by atoms with Crippen LogP contribution in [0.3, 0.4) is 0 Å². The fraction of sp³-hybridized carbons (Fsp3) is 0.450. The minimum Gasteiger partial charge on any atom is -0.486 e. The monoisotopic (exact) mass is 356 g/mol. The van der Waals surface area contributed by atoms with Gasteiger partial charge in [0.05, 0.1) is 12.3 Å². The molecule has 0 spiro atoms. The molecule has 2 aromatic rings. The molecule has 1 amide bonds. The summed E-state index contributed by atoms with van der Waals surface area (Å²) in [4.78, 5) is 15.0. The number of nitrogens with zero attached hydrogens (tertiary/aromatic N) is 1. The second-order valence-corrected chi connectivity index (χ2v) is 6.70. The Hall–Kier alpha value is -2.47. The van der Waals surface area contributed by atoms with E-state index in [1.807, 2.05) is 12.1 Å². The summed E-state index contributed by atoms with van der Waals surface area (Å²) in [7, 11) is 0. The van der Waals surface area contributed by atoms with Crippen LogP contribution in [-0.2, 0) is 0 Å². The lowest BCUT2D eigenvalue weighted by Crippen LogP contribution is -2.40. The molecule has 0 radical (unpaired) electrons. The average molecular weight is 356 g/mol. The first-order valence-electron chi connectivity index (χ1n) is 9.26. The van der Waals surface area contributed by atoms with Crippen LogP contribution < -0.4 is 14.8 Å². The minimum atomic E-state index is -0.115. The van der Waals surface area contributed by atoms with E-state index in [-0.39, 0.29) is 11.9 Å². The third-order valence-electron chi connectivity index (χ3n) is 4.96. The van der Waals surface area contributed by atoms with Crippen LogP contribution in [0.15, 0.2) is 41.0 Å². The molecule has 2 aliphatic heterocycles. The molecule has 138 valence electrons. The minimum absolute atomic E-state index is 0.0615. The maximum atomic E-state index is 12.6. The van der Waals surface area contributed by atoms with Crippen LogP contribution in [0.2, 0.25) is 0 Å². The zero-order valence-corrected chi connectivity index (χ0v) is 14.8. The van der Waals surface area contributed by atoms with Crippen LogP contribution in [0.4, 0.5) is 0 Å². The summed E-state index contributed by atoms with van der Waals surface area (Å²) in [5.41, 5.74) is 0.575. The number of hydrogen-bond donors (Lipinski definition) is 1. The summed E-state index contributed by atoms with van der Waals surface area (Å²) < 4.78 is 16.7. The van der Waals surface area contributed by atoms with E-state index in [1.165, 1.54) is 19.3 Å². The highest BCUT2D eigenvalue weighted by Crippen LogP contribution is 2.31. The maximum Gasteiger partial charge on any atom is 0.251 e. The summed E-state index contributed by atoms with van der Waals surface area (Å²) in [5, 5.41) is 3.05. The number of hydrogen-bond acceptors (Lipinski definition) is 5. The van der Waals surface area contributed by atoms with Crippen molar-refractivity contribution in [2.45, 2.75) is 25.3 Å². The molecule has 0 aliphatic carbocycles. The molecule has 0 saturated carbocycles. The third kappa shape index (κ3) is 3.70. The Kier molecular flexibility index (Phi) is 5.11. The first-order valence-corrected chi connectivity index (χ1v) is 9.26. The molecular formula is C20H24N2O4. The SMILES string of the molecule is O=C(NCC(c1ccco1)N1CCCCC1)c1ccc2c(c1)OCCO2. The molecule has 2 aliphatic rings. The van der Waals surface area contributed by atoms with Crippen LogP contribution in [0.1, 0.15) is 41.4 Å². The second kappa shape index (κ2) is 7.83. The lowest BCUT2D eigenvalue weighted by Gasteiger charge is -2.33. The highest BCUT2D eigenvalue weighted by molar-refractivity contribution is 5.94. The average Bonchev–Trinajstić information content (AvgIpc) is 3.23. The molecule has 6 nitrogen and oxygen atoms in total. The van der Waals surface area contributed by atoms with Crippen LogP contribution in [0.5, 0.6) is 11.5 Å². The van der Waals surface area contributed by atoms with Crippen molar-refractivity contribution in [3.63, 3.8) is 0 Å². The van der Waals surface area contributed by atoms with E-state index in [0.29, 0.717) is 36.8 Å². The number of rotatable bonds is 5. The molecular weight excluding hydrogens is 332 g/mol. The lowest BCUT2D eigenvalue weighted by molar-refractivity contribution is 0.0913. The van der Waals surface area contributed by atoms with Crippen molar-refractivity contribution in [2.24, 2.45) is 0 Å². The third-order valence-corrected chi connectivity index (χ3v) is 4.96. The number of amides is 1.